The summed E-state index contributed by atoms with van der Waals surface area (Å²) < 4.78 is 3.34. The van der Waals surface area contributed by atoms with Crippen LogP contribution in [0.25, 0.3) is 5.65 Å². The predicted octanol–water partition coefficient (Wildman–Crippen LogP) is 1.02. The molecule has 1 fully saturated rings. The first kappa shape index (κ1) is 15.6. The summed E-state index contributed by atoms with van der Waals surface area (Å²) in [7, 11) is 0. The maximum atomic E-state index is 12.3. The Bertz CT molecular complexity index is 918. The summed E-state index contributed by atoms with van der Waals surface area (Å²) in [6.07, 6.45) is 9.16. The third-order valence-electron chi connectivity index (χ3n) is 4.81. The van der Waals surface area contributed by atoms with Crippen LogP contribution in [0, 0.1) is 0 Å². The molecule has 0 radical (unpaired) electrons. The molecule has 1 amide bonds. The number of likely N-dealkylation sites (tertiary alicyclic amines) is 1. The lowest BCUT2D eigenvalue weighted by Crippen LogP contribution is -2.38. The Balaban J connectivity index is 1.37. The van der Waals surface area contributed by atoms with Gasteiger partial charge in [-0.25, -0.2) is 14.5 Å². The Hall–Kier alpha value is -2.90. The molecule has 0 aliphatic carbocycles. The fourth-order valence-corrected chi connectivity index (χ4v) is 3.38. The van der Waals surface area contributed by atoms with Gasteiger partial charge in [0.05, 0.1) is 12.0 Å². The first-order valence-electron chi connectivity index (χ1n) is 8.51. The van der Waals surface area contributed by atoms with Crippen LogP contribution < -0.4 is 5.56 Å². The van der Waals surface area contributed by atoms with Crippen molar-refractivity contribution in [3.63, 3.8) is 0 Å². The van der Waals surface area contributed by atoms with Crippen molar-refractivity contribution in [1.82, 2.24) is 29.0 Å². The first-order chi connectivity index (χ1) is 12.2. The van der Waals surface area contributed by atoms with Crippen molar-refractivity contribution in [3.8, 4) is 0 Å². The summed E-state index contributed by atoms with van der Waals surface area (Å²) in [6.45, 7) is 2.07. The Labute approximate surface area is 144 Å². The third-order valence-corrected chi connectivity index (χ3v) is 4.81. The number of H-pyrrole nitrogens is 1. The van der Waals surface area contributed by atoms with Gasteiger partial charge in [-0.15, -0.1) is 0 Å². The molecule has 0 unspecified atom stereocenters. The fourth-order valence-electron chi connectivity index (χ4n) is 3.38. The van der Waals surface area contributed by atoms with Gasteiger partial charge in [0.1, 0.15) is 0 Å². The Morgan fingerprint density at radius 1 is 1.32 bits per heavy atom. The van der Waals surface area contributed by atoms with Gasteiger partial charge < -0.3 is 9.47 Å². The topological polar surface area (TPSA) is 88.3 Å². The van der Waals surface area contributed by atoms with Crippen LogP contribution in [0.15, 0.2) is 41.8 Å². The summed E-state index contributed by atoms with van der Waals surface area (Å²) >= 11 is 0. The summed E-state index contributed by atoms with van der Waals surface area (Å²) in [5.41, 5.74) is 1.38. The molecule has 0 bridgehead atoms. The number of imidazole rings is 1. The smallest absolute Gasteiger partial charge is 0.272 e. The van der Waals surface area contributed by atoms with E-state index in [-0.39, 0.29) is 17.4 Å². The van der Waals surface area contributed by atoms with E-state index in [0.717, 1.165) is 18.5 Å². The number of hydrogen-bond donors (Lipinski definition) is 1. The Morgan fingerprint density at radius 3 is 2.92 bits per heavy atom. The lowest BCUT2D eigenvalue weighted by Gasteiger charge is -2.31. The fraction of sp³-hybridized carbons (Fsp3) is 0.412. The number of hydrogen-bond acceptors (Lipinski definition) is 4. The van der Waals surface area contributed by atoms with Gasteiger partial charge in [-0.05, 0) is 12.8 Å². The zero-order valence-electron chi connectivity index (χ0n) is 13.8. The van der Waals surface area contributed by atoms with Crippen LogP contribution in [0.5, 0.6) is 0 Å². The SMILES string of the molecule is O=C(CCn1ccnc1)N1CCC(c2cc(=O)n3[nH]ccc3n2)CC1. The van der Waals surface area contributed by atoms with Crippen molar-refractivity contribution in [2.45, 2.75) is 31.7 Å². The number of aromatic amines is 1. The molecule has 4 heterocycles. The number of aromatic nitrogens is 5. The first-order valence-corrected chi connectivity index (χ1v) is 8.51. The molecule has 1 aliphatic rings. The van der Waals surface area contributed by atoms with Gasteiger partial charge in [-0.3, -0.25) is 14.7 Å². The van der Waals surface area contributed by atoms with Gasteiger partial charge in [0, 0.05) is 62.7 Å². The molecular weight excluding hydrogens is 320 g/mol. The number of piperidine rings is 1. The highest BCUT2D eigenvalue weighted by Crippen LogP contribution is 2.26. The number of carbonyl (C=O) groups is 1. The van der Waals surface area contributed by atoms with Gasteiger partial charge in [0.2, 0.25) is 5.91 Å². The predicted molar refractivity (Wildman–Crippen MR) is 91.2 cm³/mol. The lowest BCUT2D eigenvalue weighted by molar-refractivity contribution is -0.132. The molecule has 0 atom stereocenters. The maximum Gasteiger partial charge on any atom is 0.272 e. The van der Waals surface area contributed by atoms with Crippen molar-refractivity contribution >= 4 is 11.6 Å². The van der Waals surface area contributed by atoms with E-state index in [1.54, 1.807) is 30.9 Å². The average Bonchev–Trinajstić information content (AvgIpc) is 3.31. The summed E-state index contributed by atoms with van der Waals surface area (Å²) in [4.78, 5) is 34.9. The van der Waals surface area contributed by atoms with Gasteiger partial charge in [0.15, 0.2) is 5.65 Å². The number of amides is 1. The van der Waals surface area contributed by atoms with E-state index in [4.69, 9.17) is 0 Å². The van der Waals surface area contributed by atoms with E-state index < -0.39 is 0 Å². The number of fused-ring (bicyclic) bond motifs is 1. The van der Waals surface area contributed by atoms with Gasteiger partial charge in [0.25, 0.3) is 5.56 Å². The molecule has 1 saturated heterocycles. The monoisotopic (exact) mass is 340 g/mol. The van der Waals surface area contributed by atoms with Crippen LogP contribution in [0.4, 0.5) is 0 Å². The van der Waals surface area contributed by atoms with E-state index in [9.17, 15) is 9.59 Å². The summed E-state index contributed by atoms with van der Waals surface area (Å²) in [5.74, 6) is 0.395. The summed E-state index contributed by atoms with van der Waals surface area (Å²) in [5, 5.41) is 2.85. The van der Waals surface area contributed by atoms with E-state index in [2.05, 4.69) is 15.1 Å². The normalized spacial score (nSPS) is 15.8. The van der Waals surface area contributed by atoms with Crippen LogP contribution in [0.3, 0.4) is 0 Å². The molecule has 1 N–H and O–H groups in total. The van der Waals surface area contributed by atoms with Crippen LogP contribution in [-0.2, 0) is 11.3 Å². The van der Waals surface area contributed by atoms with Gasteiger partial charge in [-0.1, -0.05) is 0 Å². The minimum Gasteiger partial charge on any atom is -0.343 e. The second-order valence-electron chi connectivity index (χ2n) is 6.38. The highest BCUT2D eigenvalue weighted by molar-refractivity contribution is 5.76. The van der Waals surface area contributed by atoms with Crippen LogP contribution in [0.2, 0.25) is 0 Å². The molecule has 1 aliphatic heterocycles. The second-order valence-corrected chi connectivity index (χ2v) is 6.38. The minimum atomic E-state index is -0.0937. The zero-order chi connectivity index (χ0) is 17.2. The summed E-state index contributed by atoms with van der Waals surface area (Å²) in [6, 6.07) is 3.39. The maximum absolute atomic E-state index is 12.3. The number of rotatable bonds is 4. The molecule has 8 heteroatoms. The van der Waals surface area contributed by atoms with Crippen molar-refractivity contribution in [2.75, 3.05) is 13.1 Å². The molecule has 0 saturated carbocycles. The average molecular weight is 340 g/mol. The van der Waals surface area contributed by atoms with Crippen LogP contribution in [-0.4, -0.2) is 48.0 Å². The number of nitrogens with one attached hydrogen (secondary N) is 1. The molecule has 0 spiro atoms. The zero-order valence-corrected chi connectivity index (χ0v) is 13.8. The molecule has 25 heavy (non-hydrogen) atoms. The van der Waals surface area contributed by atoms with E-state index >= 15 is 0 Å². The lowest BCUT2D eigenvalue weighted by atomic mass is 9.93. The number of nitrogens with zero attached hydrogens (tertiary/aromatic N) is 5. The molecule has 130 valence electrons. The van der Waals surface area contributed by atoms with Crippen LogP contribution in [0.1, 0.15) is 30.9 Å². The molecule has 3 aromatic heterocycles. The highest BCUT2D eigenvalue weighted by atomic mass is 16.2. The van der Waals surface area contributed by atoms with E-state index in [0.29, 0.717) is 31.7 Å². The molecule has 0 aromatic carbocycles. The van der Waals surface area contributed by atoms with Gasteiger partial charge in [-0.2, -0.15) is 0 Å². The molecule has 8 nitrogen and oxygen atoms in total. The molecule has 3 aromatic rings. The van der Waals surface area contributed by atoms with E-state index in [1.165, 1.54) is 4.52 Å². The molecule has 4 rings (SSSR count). The minimum absolute atomic E-state index is 0.0937. The highest BCUT2D eigenvalue weighted by Gasteiger charge is 2.25. The van der Waals surface area contributed by atoms with Crippen molar-refractivity contribution < 1.29 is 4.79 Å². The quantitative estimate of drug-likeness (QED) is 0.768. The van der Waals surface area contributed by atoms with Crippen molar-refractivity contribution in [1.29, 1.82) is 0 Å². The van der Waals surface area contributed by atoms with Gasteiger partial charge >= 0.3 is 0 Å². The third kappa shape index (κ3) is 3.19. The largest absolute Gasteiger partial charge is 0.343 e. The van der Waals surface area contributed by atoms with Crippen LogP contribution >= 0.6 is 0 Å². The number of aryl methyl sites for hydroxylation is 1. The van der Waals surface area contributed by atoms with E-state index in [1.807, 2.05) is 15.7 Å². The Morgan fingerprint density at radius 2 is 2.16 bits per heavy atom. The number of carbonyl (C=O) groups excluding carboxylic acids is 1. The standard InChI is InChI=1S/C17H20N6O2/c24-16(4-7-21-10-6-18-12-21)22-8-2-13(3-9-22)14-11-17(25)23-15(20-14)1-5-19-23/h1,5-6,10-13,19H,2-4,7-9H2. The Kier molecular flexibility index (Phi) is 4.09. The van der Waals surface area contributed by atoms with Crippen molar-refractivity contribution in [2.24, 2.45) is 0 Å². The second kappa shape index (κ2) is 6.54. The van der Waals surface area contributed by atoms with Crippen molar-refractivity contribution in [3.05, 3.63) is 53.1 Å². The molecular formula is C17H20N6O2.